The van der Waals surface area contributed by atoms with Gasteiger partial charge in [0, 0.05) is 26.2 Å². The average molecular weight is 384 g/mol. The number of imide groups is 1. The van der Waals surface area contributed by atoms with E-state index in [1.807, 2.05) is 11.8 Å². The molecule has 2 N–H and O–H groups in total. The normalized spacial score (nSPS) is 27.1. The average Bonchev–Trinajstić information content (AvgIpc) is 2.99. The van der Waals surface area contributed by atoms with Crippen LogP contribution in [0.5, 0.6) is 0 Å². The maximum Gasteiger partial charge on any atom is 0.322 e. The molecule has 1 aromatic carbocycles. The second-order valence-corrected chi connectivity index (χ2v) is 8.38. The third-order valence-electron chi connectivity index (χ3n) is 6.76. The van der Waals surface area contributed by atoms with Crippen molar-refractivity contribution in [1.82, 2.24) is 20.4 Å². The van der Waals surface area contributed by atoms with Gasteiger partial charge in [-0.1, -0.05) is 24.3 Å². The van der Waals surface area contributed by atoms with Gasteiger partial charge >= 0.3 is 6.03 Å². The molecule has 3 aliphatic rings. The molecule has 7 nitrogen and oxygen atoms in total. The van der Waals surface area contributed by atoms with E-state index in [2.05, 4.69) is 39.8 Å². The van der Waals surface area contributed by atoms with Gasteiger partial charge in [0.25, 0.3) is 5.91 Å². The number of hydrogen-bond donors (Lipinski definition) is 2. The van der Waals surface area contributed by atoms with Gasteiger partial charge in [-0.2, -0.15) is 0 Å². The Bertz CT molecular complexity index is 803. The van der Waals surface area contributed by atoms with Crippen LogP contribution in [0, 0.1) is 5.92 Å². The number of rotatable bonds is 3. The second kappa shape index (κ2) is 7.20. The predicted octanol–water partition coefficient (Wildman–Crippen LogP) is 1.27. The van der Waals surface area contributed by atoms with Crippen LogP contribution in [0.1, 0.15) is 37.8 Å². The zero-order valence-electron chi connectivity index (χ0n) is 16.5. The van der Waals surface area contributed by atoms with Gasteiger partial charge in [-0.25, -0.2) is 4.79 Å². The highest BCUT2D eigenvalue weighted by Gasteiger charge is 2.49. The van der Waals surface area contributed by atoms with Crippen LogP contribution in [0.25, 0.3) is 0 Å². The lowest BCUT2D eigenvalue weighted by molar-refractivity contribution is -0.139. The van der Waals surface area contributed by atoms with Crippen LogP contribution in [0.2, 0.25) is 0 Å². The molecule has 0 bridgehead atoms. The van der Waals surface area contributed by atoms with Gasteiger partial charge in [-0.05, 0) is 50.2 Å². The van der Waals surface area contributed by atoms with E-state index in [1.165, 1.54) is 11.1 Å². The van der Waals surface area contributed by atoms with Gasteiger partial charge < -0.3 is 10.2 Å². The van der Waals surface area contributed by atoms with Crippen LogP contribution in [-0.4, -0.2) is 58.9 Å². The number of nitrogens with one attached hydrogen (secondary N) is 2. The largest absolute Gasteiger partial charge is 0.341 e. The Morgan fingerprint density at radius 3 is 2.46 bits per heavy atom. The van der Waals surface area contributed by atoms with Crippen molar-refractivity contribution in [2.45, 2.75) is 51.2 Å². The van der Waals surface area contributed by atoms with Crippen molar-refractivity contribution in [2.75, 3.05) is 19.6 Å². The van der Waals surface area contributed by atoms with E-state index in [-0.39, 0.29) is 23.8 Å². The number of fused-ring (bicyclic) bond motifs is 1. The molecule has 3 aliphatic heterocycles. The standard InChI is InChI=1S/C21H28N4O3/c1-14(25-10-7-15-5-3-4-6-16(15)13-25)18(26)24-11-8-17(9-12-24)21(2)19(27)22-20(28)23-21/h3-6,14,17H,7-13H2,1-2H3,(H2,22,23,27,28). The SMILES string of the molecule is CC(C(=O)N1CCC(C2(C)NC(=O)NC2=O)CC1)N1CCc2ccccc2C1. The molecular weight excluding hydrogens is 356 g/mol. The summed E-state index contributed by atoms with van der Waals surface area (Å²) < 4.78 is 0. The summed E-state index contributed by atoms with van der Waals surface area (Å²) in [7, 11) is 0. The highest BCUT2D eigenvalue weighted by Crippen LogP contribution is 2.31. The van der Waals surface area contributed by atoms with Crippen LogP contribution < -0.4 is 10.6 Å². The molecule has 1 aromatic rings. The van der Waals surface area contributed by atoms with E-state index in [0.717, 1.165) is 19.5 Å². The number of likely N-dealkylation sites (tertiary alicyclic amines) is 1. The number of piperidine rings is 1. The van der Waals surface area contributed by atoms with E-state index in [4.69, 9.17) is 0 Å². The monoisotopic (exact) mass is 384 g/mol. The van der Waals surface area contributed by atoms with E-state index >= 15 is 0 Å². The zero-order valence-corrected chi connectivity index (χ0v) is 16.5. The van der Waals surface area contributed by atoms with Crippen molar-refractivity contribution in [2.24, 2.45) is 5.92 Å². The van der Waals surface area contributed by atoms with Crippen LogP contribution in [0.4, 0.5) is 4.79 Å². The molecule has 4 rings (SSSR count). The molecule has 0 aliphatic carbocycles. The fourth-order valence-corrected chi connectivity index (χ4v) is 4.79. The molecule has 2 atom stereocenters. The van der Waals surface area contributed by atoms with Crippen molar-refractivity contribution < 1.29 is 14.4 Å². The molecule has 4 amide bonds. The quantitative estimate of drug-likeness (QED) is 0.769. The van der Waals surface area contributed by atoms with Crippen molar-refractivity contribution >= 4 is 17.8 Å². The Labute approximate surface area is 165 Å². The van der Waals surface area contributed by atoms with E-state index < -0.39 is 11.6 Å². The fraction of sp³-hybridized carbons (Fsp3) is 0.571. The van der Waals surface area contributed by atoms with Crippen molar-refractivity contribution in [3.8, 4) is 0 Å². The summed E-state index contributed by atoms with van der Waals surface area (Å²) >= 11 is 0. The maximum atomic E-state index is 13.1. The summed E-state index contributed by atoms with van der Waals surface area (Å²) in [6, 6.07) is 7.85. The van der Waals surface area contributed by atoms with Crippen molar-refractivity contribution in [1.29, 1.82) is 0 Å². The second-order valence-electron chi connectivity index (χ2n) is 8.38. The first-order valence-corrected chi connectivity index (χ1v) is 10.1. The molecule has 0 aromatic heterocycles. The summed E-state index contributed by atoms with van der Waals surface area (Å²) in [4.78, 5) is 40.9. The number of carbonyl (C=O) groups excluding carboxylic acids is 3. The molecule has 28 heavy (non-hydrogen) atoms. The number of urea groups is 1. The van der Waals surface area contributed by atoms with E-state index in [9.17, 15) is 14.4 Å². The van der Waals surface area contributed by atoms with Gasteiger partial charge in [0.15, 0.2) is 0 Å². The van der Waals surface area contributed by atoms with Crippen LogP contribution in [-0.2, 0) is 22.6 Å². The van der Waals surface area contributed by atoms with Crippen LogP contribution in [0.3, 0.4) is 0 Å². The highest BCUT2D eigenvalue weighted by molar-refractivity contribution is 6.07. The topological polar surface area (TPSA) is 81.8 Å². The third kappa shape index (κ3) is 3.28. The van der Waals surface area contributed by atoms with Gasteiger partial charge in [-0.3, -0.25) is 19.8 Å². The summed E-state index contributed by atoms with van der Waals surface area (Å²) in [6.45, 7) is 6.72. The molecule has 2 fully saturated rings. The van der Waals surface area contributed by atoms with Gasteiger partial charge in [0.2, 0.25) is 5.91 Å². The van der Waals surface area contributed by atoms with Gasteiger partial charge in [0.05, 0.1) is 6.04 Å². The minimum atomic E-state index is -0.867. The Hall–Kier alpha value is -2.41. The molecule has 7 heteroatoms. The zero-order chi connectivity index (χ0) is 19.9. The summed E-state index contributed by atoms with van der Waals surface area (Å²) in [6.07, 6.45) is 2.40. The number of nitrogens with zero attached hydrogens (tertiary/aromatic N) is 2. The Morgan fingerprint density at radius 1 is 1.14 bits per heavy atom. The molecule has 2 unspecified atom stereocenters. The van der Waals surface area contributed by atoms with Crippen LogP contribution in [0.15, 0.2) is 24.3 Å². The molecule has 0 radical (unpaired) electrons. The molecule has 150 valence electrons. The van der Waals surface area contributed by atoms with Crippen molar-refractivity contribution in [3.05, 3.63) is 35.4 Å². The van der Waals surface area contributed by atoms with Gasteiger partial charge in [0.1, 0.15) is 5.54 Å². The number of amides is 4. The molecule has 0 spiro atoms. The van der Waals surface area contributed by atoms with E-state index in [1.54, 1.807) is 6.92 Å². The predicted molar refractivity (Wildman–Crippen MR) is 104 cm³/mol. The van der Waals surface area contributed by atoms with E-state index in [0.29, 0.717) is 25.9 Å². The maximum absolute atomic E-state index is 13.1. The minimum absolute atomic E-state index is 0.0418. The lowest BCUT2D eigenvalue weighted by atomic mass is 9.79. The summed E-state index contributed by atoms with van der Waals surface area (Å²) in [5, 5.41) is 5.10. The lowest BCUT2D eigenvalue weighted by Gasteiger charge is -2.41. The Morgan fingerprint density at radius 2 is 1.82 bits per heavy atom. The first kappa shape index (κ1) is 18.9. The Balaban J connectivity index is 1.35. The molecule has 0 saturated carbocycles. The van der Waals surface area contributed by atoms with Gasteiger partial charge in [-0.15, -0.1) is 0 Å². The molecular formula is C21H28N4O3. The molecule has 3 heterocycles. The van der Waals surface area contributed by atoms with Crippen LogP contribution >= 0.6 is 0 Å². The highest BCUT2D eigenvalue weighted by atomic mass is 16.2. The number of benzene rings is 1. The smallest absolute Gasteiger partial charge is 0.322 e. The summed E-state index contributed by atoms with van der Waals surface area (Å²) in [5.41, 5.74) is 1.82. The number of carbonyl (C=O) groups is 3. The Kier molecular flexibility index (Phi) is 4.87. The summed E-state index contributed by atoms with van der Waals surface area (Å²) in [5.74, 6) is -0.0642. The first-order valence-electron chi connectivity index (χ1n) is 10.1. The minimum Gasteiger partial charge on any atom is -0.341 e. The third-order valence-corrected chi connectivity index (χ3v) is 6.76. The number of hydrogen-bond acceptors (Lipinski definition) is 4. The van der Waals surface area contributed by atoms with Crippen molar-refractivity contribution in [3.63, 3.8) is 0 Å². The molecule has 2 saturated heterocycles. The lowest BCUT2D eigenvalue weighted by Crippen LogP contribution is -2.56. The fourth-order valence-electron chi connectivity index (χ4n) is 4.79. The first-order chi connectivity index (χ1) is 13.4.